The maximum Gasteiger partial charge on any atom is 0.162 e. The maximum atomic E-state index is 5.43. The Balaban J connectivity index is 1.88. The van der Waals surface area contributed by atoms with Gasteiger partial charge in [-0.05, 0) is 6.07 Å². The van der Waals surface area contributed by atoms with Crippen LogP contribution in [0.1, 0.15) is 0 Å². The number of aromatic nitrogens is 3. The number of piperazine rings is 1. The first-order valence-corrected chi connectivity index (χ1v) is 8.16. The van der Waals surface area contributed by atoms with Crippen LogP contribution in [0.25, 0.3) is 21.9 Å². The predicted octanol–water partition coefficient (Wildman–Crippen LogP) is 0.463. The van der Waals surface area contributed by atoms with Crippen molar-refractivity contribution < 1.29 is 14.4 Å². The molecular formula is C17H22N5O2+. The number of anilines is 1. The van der Waals surface area contributed by atoms with Crippen molar-refractivity contribution in [1.82, 2.24) is 15.0 Å². The molecular weight excluding hydrogens is 306 g/mol. The number of likely N-dealkylation sites (N-methyl/N-ethyl adjacent to an activating group) is 1. The fraction of sp³-hybridized carbons (Fsp3) is 0.412. The molecule has 0 radical (unpaired) electrons. The first-order valence-electron chi connectivity index (χ1n) is 8.16. The highest BCUT2D eigenvalue weighted by molar-refractivity contribution is 6.09. The number of hydrogen-bond acceptors (Lipinski definition) is 5. The van der Waals surface area contributed by atoms with Crippen LogP contribution in [0.4, 0.5) is 5.82 Å². The highest BCUT2D eigenvalue weighted by Gasteiger charge is 2.22. The molecule has 0 bridgehead atoms. The Bertz CT molecular complexity index is 883. The summed E-state index contributed by atoms with van der Waals surface area (Å²) in [4.78, 5) is 16.4. The van der Waals surface area contributed by atoms with Gasteiger partial charge in [0.05, 0.1) is 53.0 Å². The third-order valence-corrected chi connectivity index (χ3v) is 4.78. The SMILES string of the molecule is COc1cc2[nH]c3c(N4CC[NH+](C)CC4)ncnc3c2cc1OC. The van der Waals surface area contributed by atoms with E-state index in [-0.39, 0.29) is 0 Å². The normalized spacial score (nSPS) is 16.0. The Labute approximate surface area is 140 Å². The van der Waals surface area contributed by atoms with Gasteiger partial charge >= 0.3 is 0 Å². The molecule has 0 aliphatic carbocycles. The summed E-state index contributed by atoms with van der Waals surface area (Å²) in [6.07, 6.45) is 1.65. The molecule has 1 aliphatic heterocycles. The number of nitrogens with zero attached hydrogens (tertiary/aromatic N) is 3. The third kappa shape index (κ3) is 2.32. The van der Waals surface area contributed by atoms with E-state index in [4.69, 9.17) is 9.47 Å². The fourth-order valence-corrected chi connectivity index (χ4v) is 3.35. The van der Waals surface area contributed by atoms with E-state index in [9.17, 15) is 0 Å². The van der Waals surface area contributed by atoms with E-state index in [1.807, 2.05) is 12.1 Å². The van der Waals surface area contributed by atoms with E-state index >= 15 is 0 Å². The summed E-state index contributed by atoms with van der Waals surface area (Å²) < 4.78 is 10.8. The van der Waals surface area contributed by atoms with Gasteiger partial charge in [-0.15, -0.1) is 0 Å². The Morgan fingerprint density at radius 2 is 1.79 bits per heavy atom. The smallest absolute Gasteiger partial charge is 0.162 e. The Kier molecular flexibility index (Phi) is 3.65. The van der Waals surface area contributed by atoms with Crippen molar-refractivity contribution in [2.75, 3.05) is 52.3 Å². The summed E-state index contributed by atoms with van der Waals surface area (Å²) in [5, 5.41) is 1.02. The van der Waals surface area contributed by atoms with Gasteiger partial charge in [0.25, 0.3) is 0 Å². The largest absolute Gasteiger partial charge is 0.493 e. The number of rotatable bonds is 3. The van der Waals surface area contributed by atoms with Crippen LogP contribution in [0, 0.1) is 0 Å². The molecule has 4 rings (SSSR count). The van der Waals surface area contributed by atoms with Crippen molar-refractivity contribution in [3.05, 3.63) is 18.5 Å². The van der Waals surface area contributed by atoms with E-state index in [0.29, 0.717) is 11.5 Å². The fourth-order valence-electron chi connectivity index (χ4n) is 3.35. The first kappa shape index (κ1) is 15.0. The first-order chi connectivity index (χ1) is 11.7. The molecule has 2 N–H and O–H groups in total. The van der Waals surface area contributed by atoms with Crippen molar-refractivity contribution >= 4 is 27.8 Å². The zero-order valence-electron chi connectivity index (χ0n) is 14.2. The van der Waals surface area contributed by atoms with Crippen LogP contribution >= 0.6 is 0 Å². The van der Waals surface area contributed by atoms with Gasteiger partial charge in [0.1, 0.15) is 17.4 Å². The molecule has 1 aliphatic rings. The molecule has 1 saturated heterocycles. The van der Waals surface area contributed by atoms with Gasteiger partial charge in [0.2, 0.25) is 0 Å². The third-order valence-electron chi connectivity index (χ3n) is 4.78. The molecule has 24 heavy (non-hydrogen) atoms. The minimum atomic E-state index is 0.703. The highest BCUT2D eigenvalue weighted by Crippen LogP contribution is 2.36. The van der Waals surface area contributed by atoms with Gasteiger partial charge < -0.3 is 24.3 Å². The average molecular weight is 328 g/mol. The molecule has 3 heterocycles. The number of H-pyrrole nitrogens is 1. The second-order valence-corrected chi connectivity index (χ2v) is 6.24. The molecule has 7 heteroatoms. The van der Waals surface area contributed by atoms with Crippen LogP contribution in [0.2, 0.25) is 0 Å². The average Bonchev–Trinajstić information content (AvgIpc) is 2.98. The summed E-state index contributed by atoms with van der Waals surface area (Å²) in [5.74, 6) is 2.38. The second kappa shape index (κ2) is 5.83. The lowest BCUT2D eigenvalue weighted by molar-refractivity contribution is -0.880. The van der Waals surface area contributed by atoms with Crippen LogP contribution in [-0.2, 0) is 0 Å². The van der Waals surface area contributed by atoms with Crippen LogP contribution in [0.15, 0.2) is 18.5 Å². The molecule has 2 aromatic heterocycles. The molecule has 0 amide bonds. The van der Waals surface area contributed by atoms with E-state index in [0.717, 1.165) is 53.9 Å². The number of quaternary nitrogens is 1. The van der Waals surface area contributed by atoms with Crippen LogP contribution < -0.4 is 19.3 Å². The molecule has 1 aromatic carbocycles. The van der Waals surface area contributed by atoms with Gasteiger partial charge in [0, 0.05) is 11.5 Å². The van der Waals surface area contributed by atoms with E-state index in [1.54, 1.807) is 25.4 Å². The van der Waals surface area contributed by atoms with Crippen molar-refractivity contribution in [2.24, 2.45) is 0 Å². The Hall–Kier alpha value is -2.54. The second-order valence-electron chi connectivity index (χ2n) is 6.24. The molecule has 0 unspecified atom stereocenters. The number of benzene rings is 1. The topological polar surface area (TPSA) is 67.7 Å². The van der Waals surface area contributed by atoms with Crippen molar-refractivity contribution in [2.45, 2.75) is 0 Å². The number of hydrogen-bond donors (Lipinski definition) is 2. The van der Waals surface area contributed by atoms with Gasteiger partial charge in [-0.25, -0.2) is 9.97 Å². The van der Waals surface area contributed by atoms with Crippen LogP contribution in [-0.4, -0.2) is 62.4 Å². The van der Waals surface area contributed by atoms with Gasteiger partial charge in [-0.2, -0.15) is 0 Å². The van der Waals surface area contributed by atoms with Crippen LogP contribution in [0.5, 0.6) is 11.5 Å². The molecule has 7 nitrogen and oxygen atoms in total. The lowest BCUT2D eigenvalue weighted by atomic mass is 10.2. The predicted molar refractivity (Wildman–Crippen MR) is 93.3 cm³/mol. The molecule has 3 aromatic rings. The quantitative estimate of drug-likeness (QED) is 0.731. The summed E-state index contributed by atoms with van der Waals surface area (Å²) in [6, 6.07) is 3.92. The number of fused-ring (bicyclic) bond motifs is 3. The van der Waals surface area contributed by atoms with Gasteiger partial charge in [0.15, 0.2) is 17.3 Å². The highest BCUT2D eigenvalue weighted by atomic mass is 16.5. The number of nitrogens with one attached hydrogen (secondary N) is 2. The van der Waals surface area contributed by atoms with E-state index in [1.165, 1.54) is 0 Å². The Morgan fingerprint density at radius 1 is 1.08 bits per heavy atom. The van der Waals surface area contributed by atoms with Crippen molar-refractivity contribution in [1.29, 1.82) is 0 Å². The molecule has 0 spiro atoms. The number of aromatic amines is 1. The summed E-state index contributed by atoms with van der Waals surface area (Å²) >= 11 is 0. The summed E-state index contributed by atoms with van der Waals surface area (Å²) in [7, 11) is 5.52. The Morgan fingerprint density at radius 3 is 2.50 bits per heavy atom. The van der Waals surface area contributed by atoms with Gasteiger partial charge in [-0.3, -0.25) is 0 Å². The van der Waals surface area contributed by atoms with E-state index < -0.39 is 0 Å². The lowest BCUT2D eigenvalue weighted by Gasteiger charge is -2.30. The monoisotopic (exact) mass is 328 g/mol. The molecule has 0 atom stereocenters. The van der Waals surface area contributed by atoms with Crippen LogP contribution in [0.3, 0.4) is 0 Å². The minimum absolute atomic E-state index is 0.703. The molecule has 1 fully saturated rings. The van der Waals surface area contributed by atoms with Crippen molar-refractivity contribution in [3.8, 4) is 11.5 Å². The van der Waals surface area contributed by atoms with E-state index in [2.05, 4.69) is 26.9 Å². The maximum absolute atomic E-state index is 5.43. The number of ether oxygens (including phenoxy) is 2. The minimum Gasteiger partial charge on any atom is -0.493 e. The van der Waals surface area contributed by atoms with Gasteiger partial charge in [-0.1, -0.05) is 0 Å². The molecule has 0 saturated carbocycles. The standard InChI is InChI=1S/C17H21N5O2/c1-21-4-6-22(7-5-21)17-16-15(18-10-19-17)11-8-13(23-2)14(24-3)9-12(11)20-16/h8-10,20H,4-7H2,1-3H3/p+1. The zero-order valence-corrected chi connectivity index (χ0v) is 14.2. The van der Waals surface area contributed by atoms with Crippen molar-refractivity contribution in [3.63, 3.8) is 0 Å². The molecule has 126 valence electrons. The summed E-state index contributed by atoms with van der Waals surface area (Å²) in [6.45, 7) is 4.24. The number of methoxy groups -OCH3 is 2. The lowest BCUT2D eigenvalue weighted by Crippen LogP contribution is -3.12. The summed E-state index contributed by atoms with van der Waals surface area (Å²) in [5.41, 5.74) is 2.87. The zero-order chi connectivity index (χ0) is 16.7.